The molecule has 0 aromatic heterocycles. The van der Waals surface area contributed by atoms with Crippen LogP contribution in [0.2, 0.25) is 19.6 Å². The maximum absolute atomic E-state index is 14.2. The van der Waals surface area contributed by atoms with Crippen LogP contribution < -0.4 is 0 Å². The summed E-state index contributed by atoms with van der Waals surface area (Å²) in [4.78, 5) is 0.110. The highest BCUT2D eigenvalue weighted by atomic mass is 32.2. The van der Waals surface area contributed by atoms with Crippen LogP contribution in [0.1, 0.15) is 27.8 Å². The molecule has 0 saturated carbocycles. The average molecular weight is 592 g/mol. The molecule has 0 heterocycles. The van der Waals surface area contributed by atoms with E-state index in [1.165, 1.54) is 12.1 Å². The van der Waals surface area contributed by atoms with E-state index in [0.717, 1.165) is 21.0 Å². The summed E-state index contributed by atoms with van der Waals surface area (Å²) in [6.07, 6.45) is 1.58. The Hall–Kier alpha value is -3.18. The Balaban J connectivity index is 2.24. The van der Waals surface area contributed by atoms with Gasteiger partial charge in [0, 0.05) is 0 Å². The third-order valence-electron chi connectivity index (χ3n) is 6.09. The zero-order chi connectivity index (χ0) is 29.7. The van der Waals surface area contributed by atoms with Gasteiger partial charge in [-0.15, -0.1) is 11.3 Å². The van der Waals surface area contributed by atoms with Crippen molar-refractivity contribution >= 4 is 34.0 Å². The normalized spacial score (nSPS) is 11.9. The predicted molar refractivity (Wildman–Crippen MR) is 167 cm³/mol. The van der Waals surface area contributed by atoms with E-state index in [0.29, 0.717) is 11.1 Å². The summed E-state index contributed by atoms with van der Waals surface area (Å²) in [5.74, 6) is 3.03. The molecule has 3 aromatic rings. The molecule has 0 radical (unpaired) electrons. The third kappa shape index (κ3) is 7.94. The summed E-state index contributed by atoms with van der Waals surface area (Å²) >= 11 is 0. The van der Waals surface area contributed by atoms with Crippen LogP contribution in [0.25, 0.3) is 6.08 Å². The number of rotatable bonds is 8. The highest BCUT2D eigenvalue weighted by Crippen LogP contribution is 2.29. The molecule has 0 atom stereocenters. The number of benzene rings is 3. The fourth-order valence-corrected chi connectivity index (χ4v) is 8.03. The van der Waals surface area contributed by atoms with Gasteiger partial charge in [-0.2, -0.15) is 4.31 Å². The summed E-state index contributed by atoms with van der Waals surface area (Å²) < 4.78 is 57.3. The van der Waals surface area contributed by atoms with Crippen LogP contribution in [0.4, 0.5) is 0 Å². The van der Waals surface area contributed by atoms with Crippen LogP contribution in [0.3, 0.4) is 0 Å². The fraction of sp³-hybridized carbons (Fsp3) is 0.281. The Kier molecular flexibility index (Phi) is 9.84. The first-order valence-corrected chi connectivity index (χ1v) is 19.4. The monoisotopic (exact) mass is 591 g/mol. The van der Waals surface area contributed by atoms with Gasteiger partial charge in [-0.05, 0) is 62.6 Å². The minimum absolute atomic E-state index is 0.0828. The van der Waals surface area contributed by atoms with Crippen LogP contribution >= 0.6 is 0 Å². The number of aryl methyl sites for hydroxylation is 4. The SMILES string of the molecule is Cc1ccc(S(=O)(=O)N(CC#C[Si](C)(C)C)CC(=C=Cc2ccccc2)S(=O)(=O)c2c(C)cc(C)cc2C)cc1. The molecular formula is C32H37NO4S2Si. The molecule has 0 aliphatic rings. The van der Waals surface area contributed by atoms with Crippen molar-refractivity contribution in [3.05, 3.63) is 105 Å². The lowest BCUT2D eigenvalue weighted by molar-refractivity contribution is 0.474. The van der Waals surface area contributed by atoms with Gasteiger partial charge in [0.15, 0.2) is 0 Å². The number of sulfone groups is 1. The summed E-state index contributed by atoms with van der Waals surface area (Å²) in [5.41, 5.74) is 10.00. The first-order chi connectivity index (χ1) is 18.6. The molecular weight excluding hydrogens is 555 g/mol. The molecule has 3 aromatic carbocycles. The summed E-state index contributed by atoms with van der Waals surface area (Å²) in [5, 5.41) is 0. The molecule has 3 rings (SSSR count). The van der Waals surface area contributed by atoms with Crippen LogP contribution in [-0.4, -0.2) is 42.3 Å². The second-order valence-corrected chi connectivity index (χ2v) is 19.6. The molecule has 0 spiro atoms. The Morgan fingerprint density at radius 1 is 0.825 bits per heavy atom. The molecule has 210 valence electrons. The Morgan fingerprint density at radius 3 is 1.95 bits per heavy atom. The largest absolute Gasteiger partial charge is 0.244 e. The third-order valence-corrected chi connectivity index (χ3v) is 10.9. The van der Waals surface area contributed by atoms with Crippen molar-refractivity contribution in [1.29, 1.82) is 0 Å². The molecule has 40 heavy (non-hydrogen) atoms. The van der Waals surface area contributed by atoms with Gasteiger partial charge in [-0.25, -0.2) is 16.8 Å². The fourth-order valence-electron chi connectivity index (χ4n) is 4.27. The van der Waals surface area contributed by atoms with Gasteiger partial charge in [0.1, 0.15) is 13.0 Å². The molecule has 8 heteroatoms. The summed E-state index contributed by atoms with van der Waals surface area (Å²) in [7, 11) is -10.0. The molecule has 0 bridgehead atoms. The topological polar surface area (TPSA) is 71.5 Å². The van der Waals surface area contributed by atoms with E-state index in [9.17, 15) is 16.8 Å². The van der Waals surface area contributed by atoms with Gasteiger partial charge in [-0.1, -0.05) is 91.3 Å². The second-order valence-electron chi connectivity index (χ2n) is 11.0. The van der Waals surface area contributed by atoms with Crippen molar-refractivity contribution in [2.45, 2.75) is 57.1 Å². The number of hydrogen-bond donors (Lipinski definition) is 0. The van der Waals surface area contributed by atoms with Gasteiger partial charge >= 0.3 is 0 Å². The van der Waals surface area contributed by atoms with Gasteiger partial charge < -0.3 is 0 Å². The number of nitrogens with zero attached hydrogens (tertiary/aromatic N) is 1. The van der Waals surface area contributed by atoms with E-state index in [1.54, 1.807) is 32.1 Å². The van der Waals surface area contributed by atoms with E-state index in [4.69, 9.17) is 0 Å². The predicted octanol–water partition coefficient (Wildman–Crippen LogP) is 6.46. The maximum Gasteiger partial charge on any atom is 0.244 e. The van der Waals surface area contributed by atoms with Gasteiger partial charge in [0.25, 0.3) is 0 Å². The molecule has 0 unspecified atom stereocenters. The molecule has 5 nitrogen and oxygen atoms in total. The van der Waals surface area contributed by atoms with Crippen molar-refractivity contribution in [2.24, 2.45) is 0 Å². The van der Waals surface area contributed by atoms with Gasteiger partial charge in [-0.3, -0.25) is 0 Å². The lowest BCUT2D eigenvalue weighted by Crippen LogP contribution is -2.35. The maximum atomic E-state index is 14.2. The highest BCUT2D eigenvalue weighted by Gasteiger charge is 2.31. The summed E-state index contributed by atoms with van der Waals surface area (Å²) in [6, 6.07) is 19.4. The van der Waals surface area contributed by atoms with E-state index < -0.39 is 34.5 Å². The van der Waals surface area contributed by atoms with Crippen molar-refractivity contribution in [3.63, 3.8) is 0 Å². The minimum Gasteiger partial charge on any atom is -0.218 e. The highest BCUT2D eigenvalue weighted by molar-refractivity contribution is 7.95. The Bertz CT molecular complexity index is 1700. The number of sulfonamides is 1. The van der Waals surface area contributed by atoms with Gasteiger partial charge in [0.05, 0.1) is 22.9 Å². The Labute approximate surface area is 241 Å². The lowest BCUT2D eigenvalue weighted by atomic mass is 10.1. The van der Waals surface area contributed by atoms with Crippen molar-refractivity contribution in [2.75, 3.05) is 13.1 Å². The zero-order valence-electron chi connectivity index (χ0n) is 24.2. The van der Waals surface area contributed by atoms with Crippen LogP contribution in [-0.2, 0) is 19.9 Å². The molecule has 0 aliphatic heterocycles. The van der Waals surface area contributed by atoms with Crippen LogP contribution in [0.5, 0.6) is 0 Å². The molecule has 0 saturated heterocycles. The average Bonchev–Trinajstić information content (AvgIpc) is 2.84. The van der Waals surface area contributed by atoms with E-state index in [2.05, 4.69) is 36.8 Å². The van der Waals surface area contributed by atoms with E-state index in [1.807, 2.05) is 56.3 Å². The molecule has 0 aliphatic carbocycles. The summed E-state index contributed by atoms with van der Waals surface area (Å²) in [6.45, 7) is 13.0. The van der Waals surface area contributed by atoms with Crippen LogP contribution in [0, 0.1) is 39.2 Å². The van der Waals surface area contributed by atoms with E-state index in [-0.39, 0.29) is 21.2 Å². The molecule has 0 N–H and O–H groups in total. The first-order valence-electron chi connectivity index (χ1n) is 13.0. The standard InChI is InChI=1S/C32H37NO4S2Si/c1-25-14-17-30(18-15-25)39(36,37)33(20-11-21-40(5,6)7)24-31(19-16-29-12-9-8-10-13-29)38(34,35)32-27(3)22-26(2)23-28(32)4/h8-10,12-18,22-23H,20,24H2,1-7H3. The molecule has 0 amide bonds. The number of hydrogen-bond acceptors (Lipinski definition) is 4. The van der Waals surface area contributed by atoms with Crippen molar-refractivity contribution in [3.8, 4) is 11.5 Å². The van der Waals surface area contributed by atoms with Crippen LogP contribution in [0.15, 0.2) is 87.2 Å². The smallest absolute Gasteiger partial charge is 0.218 e. The second kappa shape index (κ2) is 12.6. The van der Waals surface area contributed by atoms with E-state index >= 15 is 0 Å². The van der Waals surface area contributed by atoms with Crippen molar-refractivity contribution < 1.29 is 16.8 Å². The Morgan fingerprint density at radius 2 is 1.40 bits per heavy atom. The molecule has 0 fully saturated rings. The minimum atomic E-state index is -4.12. The van der Waals surface area contributed by atoms with Gasteiger partial charge in [0.2, 0.25) is 19.9 Å². The quantitative estimate of drug-likeness (QED) is 0.171. The van der Waals surface area contributed by atoms with Crippen molar-refractivity contribution in [1.82, 2.24) is 4.31 Å². The lowest BCUT2D eigenvalue weighted by Gasteiger charge is -2.22. The first kappa shape index (κ1) is 31.3. The zero-order valence-corrected chi connectivity index (χ0v) is 26.9.